The Labute approximate surface area is 51.3 Å². The fourth-order valence-electron chi connectivity index (χ4n) is 0.275. The van der Waals surface area contributed by atoms with Crippen LogP contribution in [0.2, 0.25) is 0 Å². The van der Waals surface area contributed by atoms with E-state index in [0.29, 0.717) is 5.75 Å². The maximum Gasteiger partial charge on any atom is 0.214 e. The molecule has 0 heterocycles. The minimum atomic E-state index is -1.01. The molecule has 0 saturated heterocycles. The van der Waals surface area contributed by atoms with Crippen LogP contribution in [0.4, 0.5) is 0 Å². The molecule has 0 aliphatic rings. The van der Waals surface area contributed by atoms with Crippen molar-refractivity contribution in [3.05, 3.63) is 0 Å². The van der Waals surface area contributed by atoms with Gasteiger partial charge in [0, 0.05) is 16.7 Å². The molecule has 1 unspecified atom stereocenters. The molecule has 1 atom stereocenters. The molecule has 0 fully saturated rings. The summed E-state index contributed by atoms with van der Waals surface area (Å²) in [5.74, 6) is 0.605. The minimum absolute atomic E-state index is 0.605. The van der Waals surface area contributed by atoms with Gasteiger partial charge in [-0.3, -0.25) is 0 Å². The van der Waals surface area contributed by atoms with Crippen molar-refractivity contribution < 1.29 is 4.55 Å². The topological polar surface area (TPSA) is 56.4 Å². The van der Waals surface area contributed by atoms with Crippen LogP contribution in [0.15, 0.2) is 4.36 Å². The van der Waals surface area contributed by atoms with Gasteiger partial charge in [0.15, 0.2) is 0 Å². The predicted molar refractivity (Wildman–Crippen MR) is 33.2 cm³/mol. The van der Waals surface area contributed by atoms with E-state index in [4.69, 9.17) is 9.81 Å². The van der Waals surface area contributed by atoms with E-state index in [-0.39, 0.29) is 0 Å². The lowest BCUT2D eigenvalue weighted by Crippen LogP contribution is -1.90. The highest BCUT2D eigenvalue weighted by Gasteiger charge is 1.84. The smallest absolute Gasteiger partial charge is 0.214 e. The molecule has 8 heavy (non-hydrogen) atoms. The van der Waals surface area contributed by atoms with Crippen LogP contribution < -0.4 is 0 Å². The zero-order valence-corrected chi connectivity index (χ0v) is 5.48. The van der Waals surface area contributed by atoms with E-state index >= 15 is 0 Å². The molecule has 0 aliphatic carbocycles. The van der Waals surface area contributed by atoms with Gasteiger partial charge in [-0.15, -0.1) is 4.36 Å². The molecule has 0 amide bonds. The summed E-state index contributed by atoms with van der Waals surface area (Å²) in [7, 11) is -1.01. The third-order valence-electron chi connectivity index (χ3n) is 0.533. The molecule has 0 aromatic carbocycles. The highest BCUT2D eigenvalue weighted by Crippen LogP contribution is 1.84. The summed E-state index contributed by atoms with van der Waals surface area (Å²) in [6.45, 7) is 1.93. The first-order valence-corrected chi connectivity index (χ1v) is 3.62. The molecule has 0 saturated carbocycles. The Balaban J connectivity index is 3.49. The van der Waals surface area contributed by atoms with E-state index in [0.717, 1.165) is 6.42 Å². The van der Waals surface area contributed by atoms with Gasteiger partial charge in [0.05, 0.1) is 0 Å². The van der Waals surface area contributed by atoms with Crippen molar-refractivity contribution in [3.63, 3.8) is 0 Å². The lowest BCUT2D eigenvalue weighted by Gasteiger charge is -1.88. The Bertz CT molecular complexity index is 126. The molecular formula is C4H8N2OS. The second kappa shape index (κ2) is 4.75. The molecule has 4 heteroatoms. The maximum absolute atomic E-state index is 8.69. The Hall–Kier alpha value is -0.400. The van der Waals surface area contributed by atoms with Gasteiger partial charge >= 0.3 is 0 Å². The Kier molecular flexibility index (Phi) is 4.51. The SMILES string of the molecule is CCCS(O)=NC#N. The second-order valence-electron chi connectivity index (χ2n) is 1.24. The van der Waals surface area contributed by atoms with Gasteiger partial charge in [-0.1, -0.05) is 6.92 Å². The van der Waals surface area contributed by atoms with Crippen molar-refractivity contribution in [1.82, 2.24) is 0 Å². The molecule has 0 aliphatic heterocycles. The Morgan fingerprint density at radius 1 is 1.88 bits per heavy atom. The molecule has 0 radical (unpaired) electrons. The van der Waals surface area contributed by atoms with Crippen molar-refractivity contribution in [3.8, 4) is 6.19 Å². The zero-order chi connectivity index (χ0) is 6.41. The van der Waals surface area contributed by atoms with Gasteiger partial charge in [-0.25, -0.2) is 0 Å². The number of hydrogen-bond acceptors (Lipinski definition) is 2. The molecule has 0 aromatic rings. The zero-order valence-electron chi connectivity index (χ0n) is 4.66. The van der Waals surface area contributed by atoms with Crippen LogP contribution in [0.3, 0.4) is 0 Å². The van der Waals surface area contributed by atoms with Crippen LogP contribution in [-0.2, 0) is 11.0 Å². The summed E-state index contributed by atoms with van der Waals surface area (Å²) in [6.07, 6.45) is 2.41. The molecule has 0 rings (SSSR count). The van der Waals surface area contributed by atoms with Gasteiger partial charge in [0.25, 0.3) is 0 Å². The van der Waals surface area contributed by atoms with E-state index in [1.807, 2.05) is 6.92 Å². The first-order valence-electron chi connectivity index (χ1n) is 2.31. The molecule has 1 N–H and O–H groups in total. The third kappa shape index (κ3) is 3.78. The quantitative estimate of drug-likeness (QED) is 0.573. The summed E-state index contributed by atoms with van der Waals surface area (Å²) in [5, 5.41) is 7.89. The van der Waals surface area contributed by atoms with Crippen LogP contribution in [0.1, 0.15) is 13.3 Å². The summed E-state index contributed by atoms with van der Waals surface area (Å²) in [6, 6.07) is 0. The second-order valence-corrected chi connectivity index (χ2v) is 2.51. The van der Waals surface area contributed by atoms with Crippen LogP contribution in [0, 0.1) is 11.5 Å². The standard InChI is InChI=1S/C4H8N2OS/c1-2-3-8(7)6-4-5/h2-3H2,1H3,(H,6,7). The lowest BCUT2D eigenvalue weighted by atomic mass is 10.6. The number of hydrogen-bond donors (Lipinski definition) is 1. The fourth-order valence-corrected chi connectivity index (χ4v) is 0.826. The molecule has 46 valence electrons. The van der Waals surface area contributed by atoms with Crippen LogP contribution in [0.5, 0.6) is 0 Å². The molecular weight excluding hydrogens is 124 g/mol. The normalized spacial score (nSPS) is 13.1. The average Bonchev–Trinajstić information content (AvgIpc) is 1.68. The molecule has 0 bridgehead atoms. The fraction of sp³-hybridized carbons (Fsp3) is 0.750. The predicted octanol–water partition coefficient (Wildman–Crippen LogP) is 1.15. The van der Waals surface area contributed by atoms with Crippen molar-refractivity contribution >= 4 is 11.0 Å². The minimum Gasteiger partial charge on any atom is -0.321 e. The molecule has 0 aromatic heterocycles. The van der Waals surface area contributed by atoms with E-state index < -0.39 is 11.0 Å². The summed E-state index contributed by atoms with van der Waals surface area (Å²) >= 11 is 0. The Morgan fingerprint density at radius 2 is 2.50 bits per heavy atom. The molecule has 0 spiro atoms. The largest absolute Gasteiger partial charge is 0.321 e. The summed E-state index contributed by atoms with van der Waals surface area (Å²) in [5.41, 5.74) is 0. The lowest BCUT2D eigenvalue weighted by molar-refractivity contribution is 0.647. The number of nitriles is 1. The monoisotopic (exact) mass is 132 g/mol. The van der Waals surface area contributed by atoms with Crippen LogP contribution in [-0.4, -0.2) is 10.3 Å². The summed E-state index contributed by atoms with van der Waals surface area (Å²) < 4.78 is 11.9. The Morgan fingerprint density at radius 3 is 2.88 bits per heavy atom. The van der Waals surface area contributed by atoms with E-state index in [9.17, 15) is 0 Å². The highest BCUT2D eigenvalue weighted by atomic mass is 32.2. The summed E-state index contributed by atoms with van der Waals surface area (Å²) in [4.78, 5) is 0. The van der Waals surface area contributed by atoms with Gasteiger partial charge in [0.1, 0.15) is 0 Å². The van der Waals surface area contributed by atoms with Gasteiger partial charge in [-0.05, 0) is 6.42 Å². The van der Waals surface area contributed by atoms with Crippen LogP contribution in [0.25, 0.3) is 0 Å². The van der Waals surface area contributed by atoms with Gasteiger partial charge < -0.3 is 4.55 Å². The first-order chi connectivity index (χ1) is 3.81. The van der Waals surface area contributed by atoms with E-state index in [1.54, 1.807) is 0 Å². The third-order valence-corrected chi connectivity index (χ3v) is 1.60. The molecule has 3 nitrogen and oxygen atoms in total. The van der Waals surface area contributed by atoms with Gasteiger partial charge in [-0.2, -0.15) is 5.26 Å². The average molecular weight is 132 g/mol. The van der Waals surface area contributed by atoms with E-state index in [2.05, 4.69) is 4.36 Å². The first kappa shape index (κ1) is 7.60. The number of nitrogens with zero attached hydrogens (tertiary/aromatic N) is 2. The van der Waals surface area contributed by atoms with E-state index in [1.165, 1.54) is 6.19 Å². The van der Waals surface area contributed by atoms with Gasteiger partial charge in [0.2, 0.25) is 6.19 Å². The van der Waals surface area contributed by atoms with Crippen molar-refractivity contribution in [2.45, 2.75) is 13.3 Å². The van der Waals surface area contributed by atoms with Crippen molar-refractivity contribution in [2.75, 3.05) is 5.75 Å². The highest BCUT2D eigenvalue weighted by molar-refractivity contribution is 7.81. The maximum atomic E-state index is 8.69. The van der Waals surface area contributed by atoms with Crippen molar-refractivity contribution in [2.24, 2.45) is 4.36 Å². The van der Waals surface area contributed by atoms with Crippen molar-refractivity contribution in [1.29, 1.82) is 5.26 Å². The van der Waals surface area contributed by atoms with Crippen LogP contribution >= 0.6 is 0 Å². The number of rotatable bonds is 2.